The van der Waals surface area contributed by atoms with Crippen molar-refractivity contribution in [2.75, 3.05) is 35.7 Å². The lowest BCUT2D eigenvalue weighted by Gasteiger charge is -2.31. The lowest BCUT2D eigenvalue weighted by molar-refractivity contribution is -0.113. The van der Waals surface area contributed by atoms with Gasteiger partial charge in [-0.3, -0.25) is 9.36 Å². The Bertz CT molecular complexity index is 995. The van der Waals surface area contributed by atoms with E-state index >= 15 is 0 Å². The Labute approximate surface area is 192 Å². The zero-order valence-electron chi connectivity index (χ0n) is 18.5. The van der Waals surface area contributed by atoms with E-state index < -0.39 is 0 Å². The Morgan fingerprint density at radius 3 is 2.69 bits per heavy atom. The van der Waals surface area contributed by atoms with Crippen molar-refractivity contribution in [3.8, 4) is 5.75 Å². The van der Waals surface area contributed by atoms with Gasteiger partial charge in [-0.1, -0.05) is 18.7 Å². The van der Waals surface area contributed by atoms with E-state index in [0.717, 1.165) is 55.0 Å². The van der Waals surface area contributed by atoms with Crippen molar-refractivity contribution < 1.29 is 13.9 Å². The van der Waals surface area contributed by atoms with Gasteiger partial charge in [0.1, 0.15) is 11.5 Å². The number of benzene rings is 1. The highest BCUT2D eigenvalue weighted by atomic mass is 32.2. The number of nitrogens with zero attached hydrogens (tertiary/aromatic N) is 4. The van der Waals surface area contributed by atoms with Crippen LogP contribution < -0.4 is 15.0 Å². The first kappa shape index (κ1) is 22.3. The van der Waals surface area contributed by atoms with Crippen molar-refractivity contribution in [1.29, 1.82) is 0 Å². The number of carbonyl (C=O) groups is 1. The number of hydrogen-bond donors (Lipinski definition) is 1. The molecule has 8 nitrogen and oxygen atoms in total. The highest BCUT2D eigenvalue weighted by Crippen LogP contribution is 2.27. The summed E-state index contributed by atoms with van der Waals surface area (Å²) in [4.78, 5) is 14.8. The van der Waals surface area contributed by atoms with Crippen molar-refractivity contribution in [2.45, 2.75) is 38.4 Å². The summed E-state index contributed by atoms with van der Waals surface area (Å²) < 4.78 is 13.0. The molecule has 0 radical (unpaired) electrons. The number of carbonyl (C=O) groups excluding carboxylic acids is 1. The minimum absolute atomic E-state index is 0.0972. The fraction of sp³-hybridized carbons (Fsp3) is 0.435. The molecule has 1 amide bonds. The van der Waals surface area contributed by atoms with Crippen molar-refractivity contribution in [3.63, 3.8) is 0 Å². The molecule has 170 valence electrons. The normalized spacial score (nSPS) is 14.5. The first-order chi connectivity index (χ1) is 15.6. The molecule has 0 saturated carbocycles. The molecule has 1 N–H and O–H groups in total. The number of hydrogen-bond acceptors (Lipinski definition) is 7. The fourth-order valence-electron chi connectivity index (χ4n) is 3.66. The molecule has 0 spiro atoms. The number of furan rings is 1. The van der Waals surface area contributed by atoms with Crippen molar-refractivity contribution in [2.24, 2.45) is 5.92 Å². The molecule has 0 aliphatic carbocycles. The molecule has 3 heterocycles. The zero-order valence-corrected chi connectivity index (χ0v) is 19.3. The average Bonchev–Trinajstić information content (AvgIpc) is 3.45. The summed E-state index contributed by atoms with van der Waals surface area (Å²) >= 11 is 1.38. The summed E-state index contributed by atoms with van der Waals surface area (Å²) in [6, 6.07) is 11.2. The summed E-state index contributed by atoms with van der Waals surface area (Å²) in [6.07, 6.45) is 3.94. The van der Waals surface area contributed by atoms with Crippen LogP contribution in [0.25, 0.3) is 0 Å². The van der Waals surface area contributed by atoms with E-state index in [1.165, 1.54) is 11.8 Å². The monoisotopic (exact) mass is 455 g/mol. The van der Waals surface area contributed by atoms with Gasteiger partial charge in [-0.25, -0.2) is 0 Å². The number of amides is 1. The Morgan fingerprint density at radius 1 is 1.22 bits per heavy atom. The lowest BCUT2D eigenvalue weighted by Crippen LogP contribution is -2.35. The largest absolute Gasteiger partial charge is 0.494 e. The van der Waals surface area contributed by atoms with Crippen LogP contribution in [0.3, 0.4) is 0 Å². The van der Waals surface area contributed by atoms with Gasteiger partial charge in [0.25, 0.3) is 0 Å². The molecular weight excluding hydrogens is 426 g/mol. The van der Waals surface area contributed by atoms with Crippen LogP contribution >= 0.6 is 11.8 Å². The molecule has 4 rings (SSSR count). The number of nitrogens with one attached hydrogen (secondary N) is 1. The van der Waals surface area contributed by atoms with Crippen LogP contribution in [-0.4, -0.2) is 46.1 Å². The second kappa shape index (κ2) is 10.6. The van der Waals surface area contributed by atoms with Gasteiger partial charge in [-0.15, -0.1) is 10.2 Å². The third-order valence-electron chi connectivity index (χ3n) is 5.44. The van der Waals surface area contributed by atoms with E-state index in [0.29, 0.717) is 18.3 Å². The number of thioether (sulfide) groups is 1. The van der Waals surface area contributed by atoms with Crippen LogP contribution in [0.5, 0.6) is 5.75 Å². The Balaban J connectivity index is 1.42. The van der Waals surface area contributed by atoms with Gasteiger partial charge >= 0.3 is 0 Å². The molecular formula is C23H29N5O3S. The molecule has 1 saturated heterocycles. The maximum absolute atomic E-state index is 12.5. The van der Waals surface area contributed by atoms with Gasteiger partial charge in [0, 0.05) is 18.8 Å². The van der Waals surface area contributed by atoms with Gasteiger partial charge in [-0.05, 0) is 62.1 Å². The van der Waals surface area contributed by atoms with E-state index in [2.05, 4.69) is 27.3 Å². The van der Waals surface area contributed by atoms with Gasteiger partial charge in [-0.2, -0.15) is 0 Å². The van der Waals surface area contributed by atoms with Crippen LogP contribution in [-0.2, 0) is 11.3 Å². The smallest absolute Gasteiger partial charge is 0.234 e. The topological polar surface area (TPSA) is 85.4 Å². The fourth-order valence-corrected chi connectivity index (χ4v) is 4.39. The highest BCUT2D eigenvalue weighted by molar-refractivity contribution is 7.99. The summed E-state index contributed by atoms with van der Waals surface area (Å²) in [5.74, 6) is 3.32. The molecule has 2 aromatic heterocycles. The first-order valence-corrected chi connectivity index (χ1v) is 12.0. The minimum Gasteiger partial charge on any atom is -0.494 e. The van der Waals surface area contributed by atoms with Crippen LogP contribution in [0, 0.1) is 5.92 Å². The molecule has 0 unspecified atom stereocenters. The third-order valence-corrected chi connectivity index (χ3v) is 6.41. The van der Waals surface area contributed by atoms with Gasteiger partial charge in [0.2, 0.25) is 11.9 Å². The molecule has 9 heteroatoms. The summed E-state index contributed by atoms with van der Waals surface area (Å²) in [7, 11) is 0. The minimum atomic E-state index is -0.0972. The molecule has 1 fully saturated rings. The van der Waals surface area contributed by atoms with Crippen LogP contribution in [0.15, 0.2) is 52.2 Å². The number of aromatic nitrogens is 3. The van der Waals surface area contributed by atoms with E-state index in [1.54, 1.807) is 6.26 Å². The van der Waals surface area contributed by atoms with Gasteiger partial charge in [0.05, 0.1) is 25.2 Å². The second-order valence-corrected chi connectivity index (χ2v) is 8.85. The summed E-state index contributed by atoms with van der Waals surface area (Å²) in [5, 5.41) is 12.5. The molecule has 0 bridgehead atoms. The molecule has 32 heavy (non-hydrogen) atoms. The molecule has 1 aliphatic heterocycles. The van der Waals surface area contributed by atoms with Crippen LogP contribution in [0.2, 0.25) is 0 Å². The maximum atomic E-state index is 12.5. The Morgan fingerprint density at radius 2 is 2.00 bits per heavy atom. The lowest BCUT2D eigenvalue weighted by atomic mass is 10.00. The molecule has 0 atom stereocenters. The standard InChI is InChI=1S/C23H29N5O3S/c1-3-30-19-8-6-18(7-9-19)24-21(29)16-32-23-26-25-22(27-12-10-17(2)11-13-27)28(23)15-20-5-4-14-31-20/h4-9,14,17H,3,10-13,15-16H2,1-2H3,(H,24,29). The predicted octanol–water partition coefficient (Wildman–Crippen LogP) is 4.29. The van der Waals surface area contributed by atoms with E-state index in [-0.39, 0.29) is 11.7 Å². The quantitative estimate of drug-likeness (QED) is 0.482. The number of piperidine rings is 1. The first-order valence-electron chi connectivity index (χ1n) is 11.0. The van der Waals surface area contributed by atoms with Crippen molar-refractivity contribution >= 4 is 29.3 Å². The number of anilines is 2. The maximum Gasteiger partial charge on any atom is 0.234 e. The molecule has 1 aliphatic rings. The Hall–Kier alpha value is -2.94. The molecule has 3 aromatic rings. The summed E-state index contributed by atoms with van der Waals surface area (Å²) in [6.45, 7) is 7.29. The van der Waals surface area contributed by atoms with Gasteiger partial charge in [0.15, 0.2) is 5.16 Å². The SMILES string of the molecule is CCOc1ccc(NC(=O)CSc2nnc(N3CCC(C)CC3)n2Cc2ccco2)cc1. The molecule has 1 aromatic carbocycles. The van der Waals surface area contributed by atoms with Crippen molar-refractivity contribution in [1.82, 2.24) is 14.8 Å². The number of rotatable bonds is 9. The van der Waals surface area contributed by atoms with E-state index in [9.17, 15) is 4.79 Å². The Kier molecular flexibility index (Phi) is 7.36. The summed E-state index contributed by atoms with van der Waals surface area (Å²) in [5.41, 5.74) is 0.735. The van der Waals surface area contributed by atoms with E-state index in [1.807, 2.05) is 47.9 Å². The second-order valence-electron chi connectivity index (χ2n) is 7.91. The predicted molar refractivity (Wildman–Crippen MR) is 125 cm³/mol. The zero-order chi connectivity index (χ0) is 22.3. The average molecular weight is 456 g/mol. The van der Waals surface area contributed by atoms with Crippen LogP contribution in [0.1, 0.15) is 32.4 Å². The van der Waals surface area contributed by atoms with Crippen LogP contribution in [0.4, 0.5) is 11.6 Å². The third kappa shape index (κ3) is 5.64. The number of ether oxygens (including phenoxy) is 1. The highest BCUT2D eigenvalue weighted by Gasteiger charge is 2.23. The van der Waals surface area contributed by atoms with E-state index in [4.69, 9.17) is 9.15 Å². The van der Waals surface area contributed by atoms with Crippen molar-refractivity contribution in [3.05, 3.63) is 48.4 Å². The van der Waals surface area contributed by atoms with Gasteiger partial charge < -0.3 is 19.4 Å².